The molecule has 0 aromatic rings. The number of hydrogen-bond acceptors (Lipinski definition) is 4. The summed E-state index contributed by atoms with van der Waals surface area (Å²) in [5, 5.41) is 12.3. The van der Waals surface area contributed by atoms with Gasteiger partial charge in [-0.15, -0.1) is 0 Å². The summed E-state index contributed by atoms with van der Waals surface area (Å²) in [6.07, 6.45) is 1.51. The van der Waals surface area contributed by atoms with E-state index in [0.717, 1.165) is 12.8 Å². The summed E-state index contributed by atoms with van der Waals surface area (Å²) in [4.78, 5) is 11.6. The van der Waals surface area contributed by atoms with E-state index in [4.69, 9.17) is 9.47 Å². The maximum absolute atomic E-state index is 11.6. The topological polar surface area (TPSA) is 67.8 Å². The van der Waals surface area contributed by atoms with Crippen LogP contribution in [0.4, 0.5) is 0 Å². The third-order valence-corrected chi connectivity index (χ3v) is 2.60. The molecule has 2 atom stereocenters. The summed E-state index contributed by atoms with van der Waals surface area (Å²) in [5.41, 5.74) is 0. The van der Waals surface area contributed by atoms with Crippen molar-refractivity contribution in [3.05, 3.63) is 0 Å². The summed E-state index contributed by atoms with van der Waals surface area (Å²) in [5.74, 6) is -0.861. The van der Waals surface area contributed by atoms with Gasteiger partial charge in [-0.1, -0.05) is 13.3 Å². The van der Waals surface area contributed by atoms with Crippen molar-refractivity contribution in [2.24, 2.45) is 0 Å². The molecule has 0 unspecified atom stereocenters. The van der Waals surface area contributed by atoms with E-state index < -0.39 is 12.1 Å². The second-order valence-corrected chi connectivity index (χ2v) is 4.86. The van der Waals surface area contributed by atoms with Gasteiger partial charge in [0.2, 0.25) is 5.91 Å². The van der Waals surface area contributed by atoms with Gasteiger partial charge in [0.25, 0.3) is 0 Å². The average molecular weight is 245 g/mol. The molecule has 1 saturated heterocycles. The zero-order valence-electron chi connectivity index (χ0n) is 10.9. The van der Waals surface area contributed by atoms with Gasteiger partial charge < -0.3 is 19.9 Å². The van der Waals surface area contributed by atoms with E-state index in [1.807, 2.05) is 0 Å². The Morgan fingerprint density at radius 3 is 2.76 bits per heavy atom. The van der Waals surface area contributed by atoms with Crippen molar-refractivity contribution >= 4 is 5.91 Å². The van der Waals surface area contributed by atoms with Crippen molar-refractivity contribution < 1.29 is 19.4 Å². The minimum atomic E-state index is -0.854. The van der Waals surface area contributed by atoms with Gasteiger partial charge in [0.1, 0.15) is 0 Å². The first kappa shape index (κ1) is 14.4. The van der Waals surface area contributed by atoms with Gasteiger partial charge in [0.05, 0.1) is 12.5 Å². The molecule has 0 radical (unpaired) electrons. The molecule has 100 valence electrons. The maximum Gasteiger partial charge on any atom is 0.222 e. The number of aliphatic hydroxyl groups excluding tert-OH is 1. The molecule has 1 aliphatic heterocycles. The van der Waals surface area contributed by atoms with E-state index in [1.165, 1.54) is 0 Å². The zero-order chi connectivity index (χ0) is 12.9. The molecule has 1 heterocycles. The largest absolute Gasteiger partial charge is 0.368 e. The summed E-state index contributed by atoms with van der Waals surface area (Å²) in [6.45, 7) is 6.24. The van der Waals surface area contributed by atoms with Gasteiger partial charge in [-0.05, 0) is 20.3 Å². The Morgan fingerprint density at radius 1 is 1.47 bits per heavy atom. The highest BCUT2D eigenvalue weighted by molar-refractivity contribution is 5.76. The predicted molar refractivity (Wildman–Crippen MR) is 63.2 cm³/mol. The van der Waals surface area contributed by atoms with Crippen LogP contribution in [0.1, 0.15) is 46.5 Å². The SMILES string of the molecule is CCCCNC(=O)C[C@H]1C[C@@H](O)OC(C)(C)O1. The molecule has 0 aromatic carbocycles. The maximum atomic E-state index is 11.6. The molecule has 0 bridgehead atoms. The van der Waals surface area contributed by atoms with Crippen LogP contribution in [0, 0.1) is 0 Å². The van der Waals surface area contributed by atoms with Crippen LogP contribution in [0.25, 0.3) is 0 Å². The number of ether oxygens (including phenoxy) is 2. The van der Waals surface area contributed by atoms with Crippen LogP contribution >= 0.6 is 0 Å². The molecule has 0 aromatic heterocycles. The van der Waals surface area contributed by atoms with E-state index in [-0.39, 0.29) is 18.4 Å². The molecule has 5 nitrogen and oxygen atoms in total. The van der Waals surface area contributed by atoms with E-state index in [2.05, 4.69) is 12.2 Å². The molecule has 17 heavy (non-hydrogen) atoms. The van der Waals surface area contributed by atoms with Crippen LogP contribution in [-0.2, 0) is 14.3 Å². The average Bonchev–Trinajstić information content (AvgIpc) is 2.14. The van der Waals surface area contributed by atoms with Crippen LogP contribution in [-0.4, -0.2) is 35.7 Å². The van der Waals surface area contributed by atoms with Crippen molar-refractivity contribution in [2.45, 2.75) is 64.6 Å². The first-order valence-corrected chi connectivity index (χ1v) is 6.23. The van der Waals surface area contributed by atoms with Gasteiger partial charge in [0.15, 0.2) is 12.1 Å². The van der Waals surface area contributed by atoms with Crippen molar-refractivity contribution in [1.29, 1.82) is 0 Å². The smallest absolute Gasteiger partial charge is 0.222 e. The minimum absolute atomic E-state index is 0.0339. The standard InChI is InChI=1S/C12H23NO4/c1-4-5-6-13-10(14)7-9-8-11(15)17-12(2,3)16-9/h9,11,15H,4-8H2,1-3H3,(H,13,14)/t9-,11-/m0/s1. The third kappa shape index (κ3) is 5.48. The first-order valence-electron chi connectivity index (χ1n) is 6.23. The lowest BCUT2D eigenvalue weighted by atomic mass is 10.1. The lowest BCUT2D eigenvalue weighted by Gasteiger charge is -2.38. The quantitative estimate of drug-likeness (QED) is 0.713. The fourth-order valence-electron chi connectivity index (χ4n) is 1.89. The molecule has 1 fully saturated rings. The molecular weight excluding hydrogens is 222 g/mol. The van der Waals surface area contributed by atoms with Crippen LogP contribution in [0.3, 0.4) is 0 Å². The fraction of sp³-hybridized carbons (Fsp3) is 0.917. The summed E-state index contributed by atoms with van der Waals surface area (Å²) in [7, 11) is 0. The van der Waals surface area contributed by atoms with E-state index in [0.29, 0.717) is 13.0 Å². The lowest BCUT2D eigenvalue weighted by Crippen LogP contribution is -2.46. The molecule has 5 heteroatoms. The molecule has 0 aliphatic carbocycles. The second kappa shape index (κ2) is 6.33. The van der Waals surface area contributed by atoms with Crippen molar-refractivity contribution in [3.8, 4) is 0 Å². The van der Waals surface area contributed by atoms with Crippen molar-refractivity contribution in [2.75, 3.05) is 6.54 Å². The van der Waals surface area contributed by atoms with Gasteiger partial charge in [-0.3, -0.25) is 4.79 Å². The molecule has 0 saturated carbocycles. The Morgan fingerprint density at radius 2 is 2.18 bits per heavy atom. The predicted octanol–water partition coefficient (Wildman–Crippen LogP) is 1.15. The highest BCUT2D eigenvalue weighted by Gasteiger charge is 2.35. The molecule has 0 spiro atoms. The number of hydrogen-bond donors (Lipinski definition) is 2. The zero-order valence-corrected chi connectivity index (χ0v) is 10.9. The van der Waals surface area contributed by atoms with Crippen LogP contribution in [0.5, 0.6) is 0 Å². The van der Waals surface area contributed by atoms with Crippen molar-refractivity contribution in [1.82, 2.24) is 5.32 Å². The normalized spacial score (nSPS) is 27.8. The number of amides is 1. The third-order valence-electron chi connectivity index (χ3n) is 2.60. The van der Waals surface area contributed by atoms with E-state index >= 15 is 0 Å². The van der Waals surface area contributed by atoms with E-state index in [1.54, 1.807) is 13.8 Å². The number of aliphatic hydroxyl groups is 1. The molecule has 1 amide bonds. The summed E-state index contributed by atoms with van der Waals surface area (Å²) in [6, 6.07) is 0. The fourth-order valence-corrected chi connectivity index (χ4v) is 1.89. The minimum Gasteiger partial charge on any atom is -0.368 e. The Kier molecular flexibility index (Phi) is 5.36. The second-order valence-electron chi connectivity index (χ2n) is 4.86. The van der Waals surface area contributed by atoms with Crippen LogP contribution < -0.4 is 5.32 Å². The lowest BCUT2D eigenvalue weighted by molar-refractivity contribution is -0.340. The van der Waals surface area contributed by atoms with Gasteiger partial charge in [-0.25, -0.2) is 0 Å². The number of rotatable bonds is 5. The highest BCUT2D eigenvalue weighted by atomic mass is 16.8. The van der Waals surface area contributed by atoms with Gasteiger partial charge >= 0.3 is 0 Å². The Bertz CT molecular complexity index is 255. The number of carbonyl (C=O) groups excluding carboxylic acids is 1. The Hall–Kier alpha value is -0.650. The van der Waals surface area contributed by atoms with E-state index in [9.17, 15) is 9.90 Å². The summed E-state index contributed by atoms with van der Waals surface area (Å²) >= 11 is 0. The highest BCUT2D eigenvalue weighted by Crippen LogP contribution is 2.26. The number of carbonyl (C=O) groups is 1. The Balaban J connectivity index is 2.32. The Labute approximate surface area is 102 Å². The van der Waals surface area contributed by atoms with Crippen LogP contribution in [0.15, 0.2) is 0 Å². The van der Waals surface area contributed by atoms with Gasteiger partial charge in [-0.2, -0.15) is 0 Å². The van der Waals surface area contributed by atoms with Gasteiger partial charge in [0, 0.05) is 13.0 Å². The molecule has 2 N–H and O–H groups in total. The van der Waals surface area contributed by atoms with Crippen LogP contribution in [0.2, 0.25) is 0 Å². The van der Waals surface area contributed by atoms with Crippen molar-refractivity contribution in [3.63, 3.8) is 0 Å². The summed E-state index contributed by atoms with van der Waals surface area (Å²) < 4.78 is 10.8. The molecular formula is C12H23NO4. The number of nitrogens with one attached hydrogen (secondary N) is 1. The molecule has 1 aliphatic rings. The monoisotopic (exact) mass is 245 g/mol. The molecule has 1 rings (SSSR count). The number of unbranched alkanes of at least 4 members (excludes halogenated alkanes) is 1. The first-order chi connectivity index (χ1) is 7.93.